The van der Waals surface area contributed by atoms with E-state index in [0.29, 0.717) is 5.02 Å². The molecule has 0 aliphatic rings. The number of anilines is 1. The highest BCUT2D eigenvalue weighted by Crippen LogP contribution is 2.30. The van der Waals surface area contributed by atoms with Crippen LogP contribution in [0.4, 0.5) is 5.69 Å². The smallest absolute Gasteiger partial charge is 0.0649 e. The molecule has 2 aromatic rings. The molecule has 0 saturated heterocycles. The highest BCUT2D eigenvalue weighted by Gasteiger charge is 2.17. The minimum Gasteiger partial charge on any atom is -0.377 e. The number of benzene rings is 1. The molecule has 1 atom stereocenters. The van der Waals surface area contributed by atoms with Crippen LogP contribution < -0.4 is 5.32 Å². The van der Waals surface area contributed by atoms with Crippen molar-refractivity contribution >= 4 is 33.2 Å². The minimum absolute atomic E-state index is 0.161. The maximum absolute atomic E-state index is 6.26. The van der Waals surface area contributed by atoms with Crippen molar-refractivity contribution in [3.05, 3.63) is 44.6 Å². The molecule has 20 heavy (non-hydrogen) atoms. The Kier molecular flexibility index (Phi) is 4.76. The normalized spacial score (nSPS) is 12.5. The zero-order chi connectivity index (χ0) is 14.9. The van der Waals surface area contributed by atoms with Crippen molar-refractivity contribution in [2.24, 2.45) is 0 Å². The average molecular weight is 357 g/mol. The molecule has 1 aromatic heterocycles. The Labute approximate surface area is 133 Å². The van der Waals surface area contributed by atoms with Gasteiger partial charge in [0, 0.05) is 22.3 Å². The Bertz CT molecular complexity index is 622. The molecule has 0 amide bonds. The van der Waals surface area contributed by atoms with Crippen molar-refractivity contribution in [2.75, 3.05) is 5.32 Å². The van der Waals surface area contributed by atoms with Gasteiger partial charge < -0.3 is 5.32 Å². The summed E-state index contributed by atoms with van der Waals surface area (Å²) >= 11 is 9.68. The van der Waals surface area contributed by atoms with Crippen molar-refractivity contribution in [3.8, 4) is 0 Å². The molecule has 0 fully saturated rings. The third-order valence-corrected chi connectivity index (χ3v) is 4.28. The van der Waals surface area contributed by atoms with Gasteiger partial charge in [0.05, 0.1) is 22.4 Å². The number of hydrogen-bond donors (Lipinski definition) is 1. The topological polar surface area (TPSA) is 29.9 Å². The highest BCUT2D eigenvalue weighted by molar-refractivity contribution is 9.10. The van der Waals surface area contributed by atoms with Crippen molar-refractivity contribution in [1.82, 2.24) is 9.78 Å². The summed E-state index contributed by atoms with van der Waals surface area (Å²) in [5, 5.41) is 8.74. The van der Waals surface area contributed by atoms with Gasteiger partial charge in [-0.3, -0.25) is 4.68 Å². The zero-order valence-corrected chi connectivity index (χ0v) is 14.5. The number of aryl methyl sites for hydroxylation is 2. The predicted octanol–water partition coefficient (Wildman–Crippen LogP) is 5.11. The first-order valence-corrected chi connectivity index (χ1v) is 7.86. The molecule has 0 aliphatic heterocycles. The van der Waals surface area contributed by atoms with E-state index in [4.69, 9.17) is 11.6 Å². The van der Waals surface area contributed by atoms with Gasteiger partial charge in [-0.15, -0.1) is 0 Å². The lowest BCUT2D eigenvalue weighted by molar-refractivity contribution is 0.632. The van der Waals surface area contributed by atoms with E-state index < -0.39 is 0 Å². The summed E-state index contributed by atoms with van der Waals surface area (Å²) in [7, 11) is 0. The molecule has 1 aromatic carbocycles. The molecule has 5 heteroatoms. The lowest BCUT2D eigenvalue weighted by Gasteiger charge is -2.17. The molecule has 1 N–H and O–H groups in total. The van der Waals surface area contributed by atoms with Crippen LogP contribution in [0.3, 0.4) is 0 Å². The van der Waals surface area contributed by atoms with Gasteiger partial charge in [0.1, 0.15) is 0 Å². The number of rotatable bonds is 4. The lowest BCUT2D eigenvalue weighted by Crippen LogP contribution is -2.09. The molecule has 0 aliphatic carbocycles. The van der Waals surface area contributed by atoms with Gasteiger partial charge in [0.25, 0.3) is 0 Å². The molecule has 0 spiro atoms. The van der Waals surface area contributed by atoms with Crippen LogP contribution >= 0.6 is 27.5 Å². The SMILES string of the molecule is CCn1nc(C)c(C(C)Nc2ccc(Br)cc2Cl)c1C. The maximum Gasteiger partial charge on any atom is 0.0649 e. The summed E-state index contributed by atoms with van der Waals surface area (Å²) in [6.45, 7) is 9.29. The van der Waals surface area contributed by atoms with Crippen LogP contribution in [0.2, 0.25) is 5.02 Å². The molecule has 108 valence electrons. The second kappa shape index (κ2) is 6.19. The van der Waals surface area contributed by atoms with Crippen LogP contribution in [0.25, 0.3) is 0 Å². The summed E-state index contributed by atoms with van der Waals surface area (Å²) in [6.07, 6.45) is 0. The van der Waals surface area contributed by atoms with E-state index in [9.17, 15) is 0 Å². The largest absolute Gasteiger partial charge is 0.377 e. The molecule has 1 heterocycles. The molecular weight excluding hydrogens is 338 g/mol. The van der Waals surface area contributed by atoms with Crippen LogP contribution in [0.15, 0.2) is 22.7 Å². The average Bonchev–Trinajstić information content (AvgIpc) is 2.67. The molecular formula is C15H19BrClN3. The Morgan fingerprint density at radius 2 is 2.10 bits per heavy atom. The van der Waals surface area contributed by atoms with Crippen molar-refractivity contribution in [1.29, 1.82) is 0 Å². The van der Waals surface area contributed by atoms with Gasteiger partial charge in [-0.1, -0.05) is 27.5 Å². The van der Waals surface area contributed by atoms with E-state index in [1.54, 1.807) is 0 Å². The van der Waals surface area contributed by atoms with Gasteiger partial charge in [0.15, 0.2) is 0 Å². The summed E-state index contributed by atoms with van der Waals surface area (Å²) < 4.78 is 3.01. The van der Waals surface area contributed by atoms with Crippen molar-refractivity contribution < 1.29 is 0 Å². The van der Waals surface area contributed by atoms with Gasteiger partial charge in [-0.25, -0.2) is 0 Å². The Hall–Kier alpha value is -1.000. The predicted molar refractivity (Wildman–Crippen MR) is 88.6 cm³/mol. The quantitative estimate of drug-likeness (QED) is 0.825. The summed E-state index contributed by atoms with van der Waals surface area (Å²) in [6, 6.07) is 6.02. The van der Waals surface area contributed by atoms with Crippen molar-refractivity contribution in [2.45, 2.75) is 40.3 Å². The van der Waals surface area contributed by atoms with E-state index in [1.165, 1.54) is 11.3 Å². The van der Waals surface area contributed by atoms with E-state index in [-0.39, 0.29) is 6.04 Å². The first kappa shape index (κ1) is 15.4. The molecule has 0 saturated carbocycles. The van der Waals surface area contributed by atoms with Gasteiger partial charge in [-0.2, -0.15) is 5.10 Å². The van der Waals surface area contributed by atoms with Gasteiger partial charge >= 0.3 is 0 Å². The van der Waals surface area contributed by atoms with Gasteiger partial charge in [-0.05, 0) is 45.9 Å². The third-order valence-electron chi connectivity index (χ3n) is 3.47. The van der Waals surface area contributed by atoms with E-state index in [1.807, 2.05) is 22.9 Å². The van der Waals surface area contributed by atoms with Crippen LogP contribution in [-0.2, 0) is 6.54 Å². The Morgan fingerprint density at radius 1 is 1.40 bits per heavy atom. The Morgan fingerprint density at radius 3 is 2.65 bits per heavy atom. The van der Waals surface area contributed by atoms with E-state index in [0.717, 1.165) is 22.4 Å². The number of aromatic nitrogens is 2. The van der Waals surface area contributed by atoms with Crippen LogP contribution in [0.5, 0.6) is 0 Å². The lowest BCUT2D eigenvalue weighted by atomic mass is 10.1. The van der Waals surface area contributed by atoms with E-state index >= 15 is 0 Å². The first-order valence-electron chi connectivity index (χ1n) is 6.69. The maximum atomic E-state index is 6.26. The fraction of sp³-hybridized carbons (Fsp3) is 0.400. The second-order valence-corrected chi connectivity index (χ2v) is 6.21. The number of halogens is 2. The molecule has 2 rings (SSSR count). The first-order chi connectivity index (χ1) is 9.43. The zero-order valence-electron chi connectivity index (χ0n) is 12.2. The fourth-order valence-corrected chi connectivity index (χ4v) is 3.29. The Balaban J connectivity index is 2.28. The van der Waals surface area contributed by atoms with Crippen molar-refractivity contribution in [3.63, 3.8) is 0 Å². The minimum atomic E-state index is 0.161. The highest BCUT2D eigenvalue weighted by atomic mass is 79.9. The van der Waals surface area contributed by atoms with E-state index in [2.05, 4.69) is 54.0 Å². The number of hydrogen-bond acceptors (Lipinski definition) is 2. The number of nitrogens with zero attached hydrogens (tertiary/aromatic N) is 2. The fourth-order valence-electron chi connectivity index (χ4n) is 2.56. The summed E-state index contributed by atoms with van der Waals surface area (Å²) in [5.74, 6) is 0. The molecule has 3 nitrogen and oxygen atoms in total. The second-order valence-electron chi connectivity index (χ2n) is 4.89. The summed E-state index contributed by atoms with van der Waals surface area (Å²) in [5.41, 5.74) is 4.45. The standard InChI is InChI=1S/C15H19BrClN3/c1-5-20-11(4)15(10(3)19-20)9(2)18-14-7-6-12(16)8-13(14)17/h6-9,18H,5H2,1-4H3. The van der Waals surface area contributed by atoms with Gasteiger partial charge in [0.2, 0.25) is 0 Å². The molecule has 1 unspecified atom stereocenters. The van der Waals surface area contributed by atoms with Crippen LogP contribution in [0, 0.1) is 13.8 Å². The van der Waals surface area contributed by atoms with Crippen LogP contribution in [-0.4, -0.2) is 9.78 Å². The van der Waals surface area contributed by atoms with Crippen LogP contribution in [0.1, 0.15) is 36.8 Å². The monoisotopic (exact) mass is 355 g/mol. The number of nitrogens with one attached hydrogen (secondary N) is 1. The molecule has 0 radical (unpaired) electrons. The summed E-state index contributed by atoms with van der Waals surface area (Å²) in [4.78, 5) is 0. The third kappa shape index (κ3) is 3.01. The molecule has 0 bridgehead atoms.